The van der Waals surface area contributed by atoms with Gasteiger partial charge >= 0.3 is 0 Å². The maximum atomic E-state index is 10.7. The van der Waals surface area contributed by atoms with Crippen LogP contribution in [0.2, 0.25) is 0 Å². The Morgan fingerprint density at radius 1 is 0.969 bits per heavy atom. The molecule has 4 aliphatic rings. The van der Waals surface area contributed by atoms with Gasteiger partial charge in [-0.2, -0.15) is 0 Å². The molecule has 3 fully saturated rings. The first-order valence-electron chi connectivity index (χ1n) is 13.4. The van der Waals surface area contributed by atoms with E-state index in [1.165, 1.54) is 38.5 Å². The molecule has 5 rings (SSSR count). The van der Waals surface area contributed by atoms with Crippen LogP contribution < -0.4 is 0 Å². The average Bonchev–Trinajstić information content (AvgIpc) is 3.15. The molecule has 4 aliphatic carbocycles. The van der Waals surface area contributed by atoms with E-state index in [-0.39, 0.29) is 12.2 Å². The van der Waals surface area contributed by atoms with Gasteiger partial charge in [-0.25, -0.2) is 0 Å². The summed E-state index contributed by atoms with van der Waals surface area (Å²) >= 11 is 0. The normalized spacial score (nSPS) is 42.9. The van der Waals surface area contributed by atoms with E-state index in [1.54, 1.807) is 5.57 Å². The van der Waals surface area contributed by atoms with Gasteiger partial charge in [-0.3, -0.25) is 0 Å². The highest BCUT2D eigenvalue weighted by molar-refractivity contribution is 5.25. The molecule has 0 spiro atoms. The molecule has 0 aliphatic heterocycles. The Morgan fingerprint density at radius 3 is 2.53 bits per heavy atom. The molecule has 0 radical (unpaired) electrons. The first kappa shape index (κ1) is 22.7. The smallest absolute Gasteiger partial charge is 0.0790 e. The van der Waals surface area contributed by atoms with Gasteiger partial charge < -0.3 is 10.2 Å². The number of aliphatic hydroxyl groups is 2. The van der Waals surface area contributed by atoms with Gasteiger partial charge in [0.1, 0.15) is 0 Å². The van der Waals surface area contributed by atoms with Crippen LogP contribution in [0.1, 0.15) is 96.6 Å². The quantitative estimate of drug-likeness (QED) is 0.484. The van der Waals surface area contributed by atoms with Crippen LogP contribution in [0.3, 0.4) is 0 Å². The van der Waals surface area contributed by atoms with Crippen molar-refractivity contribution in [2.75, 3.05) is 0 Å². The Morgan fingerprint density at radius 2 is 1.75 bits per heavy atom. The van der Waals surface area contributed by atoms with Gasteiger partial charge in [0.25, 0.3) is 0 Å². The summed E-state index contributed by atoms with van der Waals surface area (Å²) in [6, 6.07) is 10.2. The number of allylic oxidation sites excluding steroid dienone is 1. The summed E-state index contributed by atoms with van der Waals surface area (Å²) in [6.07, 6.45) is 14.0. The molecule has 0 unspecified atom stereocenters. The van der Waals surface area contributed by atoms with Crippen molar-refractivity contribution in [1.29, 1.82) is 0 Å². The summed E-state index contributed by atoms with van der Waals surface area (Å²) in [5.74, 6) is 3.99. The van der Waals surface area contributed by atoms with E-state index in [4.69, 9.17) is 0 Å². The van der Waals surface area contributed by atoms with Crippen LogP contribution in [0.25, 0.3) is 0 Å². The zero-order valence-electron chi connectivity index (χ0n) is 20.5. The maximum Gasteiger partial charge on any atom is 0.0790 e. The molecule has 0 aromatic heterocycles. The van der Waals surface area contributed by atoms with Gasteiger partial charge in [0.2, 0.25) is 0 Å². The molecule has 1 aromatic rings. The lowest BCUT2D eigenvalue weighted by molar-refractivity contribution is -0.0577. The summed E-state index contributed by atoms with van der Waals surface area (Å²) in [6.45, 7) is 7.62. The van der Waals surface area contributed by atoms with Crippen LogP contribution in [0.5, 0.6) is 0 Å². The highest BCUT2D eigenvalue weighted by Gasteiger charge is 2.59. The first-order valence-corrected chi connectivity index (χ1v) is 13.4. The lowest BCUT2D eigenvalue weighted by Crippen LogP contribution is -2.50. The third-order valence-corrected chi connectivity index (χ3v) is 10.9. The Labute approximate surface area is 195 Å². The van der Waals surface area contributed by atoms with Crippen molar-refractivity contribution in [2.24, 2.45) is 40.4 Å². The van der Waals surface area contributed by atoms with E-state index in [0.717, 1.165) is 54.9 Å². The Bertz CT molecular complexity index is 830. The topological polar surface area (TPSA) is 40.5 Å². The van der Waals surface area contributed by atoms with E-state index in [9.17, 15) is 10.2 Å². The van der Waals surface area contributed by atoms with E-state index in [1.807, 2.05) is 18.2 Å². The van der Waals surface area contributed by atoms with Crippen molar-refractivity contribution >= 4 is 0 Å². The molecule has 3 saturated carbocycles. The van der Waals surface area contributed by atoms with E-state index < -0.39 is 0 Å². The predicted molar refractivity (Wildman–Crippen MR) is 131 cm³/mol. The molecule has 0 amide bonds. The zero-order chi connectivity index (χ0) is 22.5. The summed E-state index contributed by atoms with van der Waals surface area (Å²) in [5, 5.41) is 20.9. The molecule has 1 aromatic carbocycles. The van der Waals surface area contributed by atoms with Gasteiger partial charge in [-0.05, 0) is 110 Å². The van der Waals surface area contributed by atoms with Crippen molar-refractivity contribution in [2.45, 2.75) is 97.2 Å². The fourth-order valence-corrected chi connectivity index (χ4v) is 9.08. The van der Waals surface area contributed by atoms with Gasteiger partial charge in [0.05, 0.1) is 12.2 Å². The van der Waals surface area contributed by atoms with Gasteiger partial charge in [-0.15, -0.1) is 0 Å². The minimum atomic E-state index is -0.331. The number of benzene rings is 1. The molecule has 0 saturated heterocycles. The second kappa shape index (κ2) is 8.58. The van der Waals surface area contributed by atoms with Crippen molar-refractivity contribution < 1.29 is 10.2 Å². The summed E-state index contributed by atoms with van der Waals surface area (Å²) in [5.41, 5.74) is 3.45. The number of hydrogen-bond acceptors (Lipinski definition) is 2. The fraction of sp³-hybridized carbons (Fsp3) is 0.733. The van der Waals surface area contributed by atoms with Gasteiger partial charge in [0, 0.05) is 0 Å². The molecule has 9 atom stereocenters. The Kier molecular flexibility index (Phi) is 6.08. The molecule has 2 N–H and O–H groups in total. The lowest BCUT2D eigenvalue weighted by atomic mass is 9.47. The van der Waals surface area contributed by atoms with Gasteiger partial charge in [-0.1, -0.05) is 62.8 Å². The first-order chi connectivity index (χ1) is 15.3. The highest BCUT2D eigenvalue weighted by atomic mass is 16.3. The average molecular weight is 437 g/mol. The Balaban J connectivity index is 1.27. The number of rotatable bonds is 5. The SMILES string of the molecule is C[C@@H](CC[C@H](O)c1ccccc1)[C@H]1CC[C@H]2[C@@H]3CC=C4C[C@@H](O)CC[C@]4(C)[C@H]3CC[C@]12C. The number of fused-ring (bicyclic) bond motifs is 5. The van der Waals surface area contributed by atoms with Crippen LogP contribution in [-0.4, -0.2) is 16.3 Å². The standard InChI is InChI=1S/C30H44O2/c1-20(9-14-28(32)21-7-5-4-6-8-21)25-12-13-26-24-11-10-22-19-23(31)15-17-29(22,2)27(24)16-18-30(25,26)3/h4-8,10,20,23-28,31-32H,9,11-19H2,1-3H3/t20-,23-,24-,25+,26-,27-,28-,29-,30+/m0/s1. The Hall–Kier alpha value is -1.12. The maximum absolute atomic E-state index is 10.7. The van der Waals surface area contributed by atoms with Crippen molar-refractivity contribution in [1.82, 2.24) is 0 Å². The fourth-order valence-electron chi connectivity index (χ4n) is 9.08. The third-order valence-electron chi connectivity index (χ3n) is 10.9. The molecule has 0 heterocycles. The van der Waals surface area contributed by atoms with E-state index >= 15 is 0 Å². The van der Waals surface area contributed by atoms with Crippen LogP contribution in [0.15, 0.2) is 42.0 Å². The number of aliphatic hydroxyl groups excluding tert-OH is 2. The van der Waals surface area contributed by atoms with Crippen LogP contribution in [0.4, 0.5) is 0 Å². The molecule has 32 heavy (non-hydrogen) atoms. The second-order valence-electron chi connectivity index (χ2n) is 12.4. The summed E-state index contributed by atoms with van der Waals surface area (Å²) in [7, 11) is 0. The highest BCUT2D eigenvalue weighted by Crippen LogP contribution is 2.67. The molecule has 0 bridgehead atoms. The van der Waals surface area contributed by atoms with Crippen LogP contribution in [0, 0.1) is 40.4 Å². The van der Waals surface area contributed by atoms with Crippen molar-refractivity contribution in [3.8, 4) is 0 Å². The zero-order valence-corrected chi connectivity index (χ0v) is 20.5. The van der Waals surface area contributed by atoms with Crippen molar-refractivity contribution in [3.05, 3.63) is 47.5 Å². The molecular formula is C30H44O2. The molecular weight excluding hydrogens is 392 g/mol. The largest absolute Gasteiger partial charge is 0.393 e. The van der Waals surface area contributed by atoms with Crippen LogP contribution >= 0.6 is 0 Å². The monoisotopic (exact) mass is 436 g/mol. The molecule has 176 valence electrons. The molecule has 2 heteroatoms. The second-order valence-corrected chi connectivity index (χ2v) is 12.4. The summed E-state index contributed by atoms with van der Waals surface area (Å²) in [4.78, 5) is 0. The predicted octanol–water partition coefficient (Wildman–Crippen LogP) is 7.08. The van der Waals surface area contributed by atoms with E-state index in [2.05, 4.69) is 39.0 Å². The third kappa shape index (κ3) is 3.70. The lowest BCUT2D eigenvalue weighted by Gasteiger charge is -2.58. The van der Waals surface area contributed by atoms with Crippen molar-refractivity contribution in [3.63, 3.8) is 0 Å². The van der Waals surface area contributed by atoms with E-state index in [0.29, 0.717) is 16.7 Å². The number of hydrogen-bond donors (Lipinski definition) is 2. The molecule has 2 nitrogen and oxygen atoms in total. The summed E-state index contributed by atoms with van der Waals surface area (Å²) < 4.78 is 0. The van der Waals surface area contributed by atoms with Crippen LogP contribution in [-0.2, 0) is 0 Å². The minimum absolute atomic E-state index is 0.109. The van der Waals surface area contributed by atoms with Gasteiger partial charge in [0.15, 0.2) is 0 Å². The minimum Gasteiger partial charge on any atom is -0.393 e.